The fraction of sp³-hybridized carbons (Fsp3) is 0.0588. The Morgan fingerprint density at radius 2 is 0.714 bits per heavy atom. The van der Waals surface area contributed by atoms with Crippen molar-refractivity contribution in [3.8, 4) is 33.4 Å². The molecule has 0 amide bonds. The maximum absolute atomic E-state index is 5.01. The number of fused-ring (bicyclic) bond motifs is 7. The largest absolute Gasteiger partial charge is 0.279 e. The molecule has 0 fully saturated rings. The van der Waals surface area contributed by atoms with Crippen LogP contribution in [0.2, 0.25) is 0 Å². The van der Waals surface area contributed by atoms with Gasteiger partial charge in [-0.1, -0.05) is 225 Å². The van der Waals surface area contributed by atoms with E-state index in [0.29, 0.717) is 5.92 Å². The van der Waals surface area contributed by atoms with Gasteiger partial charge in [0.15, 0.2) is 0 Å². The van der Waals surface area contributed by atoms with Gasteiger partial charge >= 0.3 is 0 Å². The summed E-state index contributed by atoms with van der Waals surface area (Å²) in [5.74, 6) is 3.37. The Morgan fingerprint density at radius 1 is 0.330 bits per heavy atom. The molecule has 0 N–H and O–H groups in total. The SMILES string of the molecule is CC1CC=CC2=C1c1ccc(-c3c4ccc(N(c5ccccn5)c5ccccn5)cc4c(-c4ccc5c(c4)C(c4ccccc4)(c4ccccc4)c4ccccc4-5)c4ccc(N(c5ccccn5)c5ccccn5)cc34)cc1C2(c1ccccc1)c1ccccc1. The van der Waals surface area contributed by atoms with Gasteiger partial charge in [-0.15, -0.1) is 0 Å². The van der Waals surface area contributed by atoms with Crippen LogP contribution in [0.1, 0.15) is 57.9 Å². The molecular formula is C85H60N6. The van der Waals surface area contributed by atoms with Crippen molar-refractivity contribution < 1.29 is 0 Å². The zero-order chi connectivity index (χ0) is 60.5. The molecule has 10 aromatic carbocycles. The second-order valence-corrected chi connectivity index (χ2v) is 24.0. The summed E-state index contributed by atoms with van der Waals surface area (Å²) in [7, 11) is 0. The van der Waals surface area contributed by atoms with Crippen LogP contribution in [0.4, 0.5) is 34.6 Å². The number of nitrogens with zero attached hydrogens (tertiary/aromatic N) is 6. The monoisotopic (exact) mass is 1160 g/mol. The highest BCUT2D eigenvalue weighted by Crippen LogP contribution is 2.61. The smallest absolute Gasteiger partial charge is 0.138 e. The molecule has 0 radical (unpaired) electrons. The van der Waals surface area contributed by atoms with Crippen LogP contribution in [0, 0.1) is 5.92 Å². The highest BCUT2D eigenvalue weighted by molar-refractivity contribution is 6.23. The fourth-order valence-electron chi connectivity index (χ4n) is 15.6. The average Bonchev–Trinajstić information content (AvgIpc) is 1.62. The molecule has 430 valence electrons. The van der Waals surface area contributed by atoms with Crippen molar-refractivity contribution in [1.82, 2.24) is 19.9 Å². The minimum Gasteiger partial charge on any atom is -0.279 e. The van der Waals surface area contributed by atoms with Crippen molar-refractivity contribution in [2.45, 2.75) is 24.2 Å². The number of allylic oxidation sites excluding steroid dienone is 4. The minimum atomic E-state index is -0.636. The van der Waals surface area contributed by atoms with Crippen molar-refractivity contribution in [1.29, 1.82) is 0 Å². The van der Waals surface area contributed by atoms with E-state index in [1.165, 1.54) is 66.8 Å². The van der Waals surface area contributed by atoms with Crippen LogP contribution in [-0.4, -0.2) is 19.9 Å². The molecule has 91 heavy (non-hydrogen) atoms. The lowest BCUT2D eigenvalue weighted by Crippen LogP contribution is -2.29. The van der Waals surface area contributed by atoms with E-state index in [0.717, 1.165) is 84.9 Å². The molecule has 0 spiro atoms. The number of aromatic nitrogens is 4. The van der Waals surface area contributed by atoms with E-state index >= 15 is 0 Å². The van der Waals surface area contributed by atoms with Gasteiger partial charge in [0, 0.05) is 36.2 Å². The summed E-state index contributed by atoms with van der Waals surface area (Å²) in [4.78, 5) is 24.4. The van der Waals surface area contributed by atoms with Gasteiger partial charge < -0.3 is 0 Å². The van der Waals surface area contributed by atoms with E-state index in [9.17, 15) is 0 Å². The Labute approximate surface area is 530 Å². The Kier molecular flexibility index (Phi) is 12.9. The van der Waals surface area contributed by atoms with Gasteiger partial charge in [0.25, 0.3) is 0 Å². The molecule has 3 aliphatic rings. The van der Waals surface area contributed by atoms with Crippen molar-refractivity contribution in [2.75, 3.05) is 9.80 Å². The van der Waals surface area contributed by atoms with Crippen molar-refractivity contribution in [3.63, 3.8) is 0 Å². The molecule has 4 heterocycles. The second-order valence-electron chi connectivity index (χ2n) is 24.0. The third kappa shape index (κ3) is 8.40. The van der Waals surface area contributed by atoms with E-state index in [1.54, 1.807) is 0 Å². The molecule has 0 bridgehead atoms. The Morgan fingerprint density at radius 3 is 1.15 bits per heavy atom. The van der Waals surface area contributed by atoms with Crippen LogP contribution >= 0.6 is 0 Å². The lowest BCUT2D eigenvalue weighted by molar-refractivity contribution is 0.722. The normalized spacial score (nSPS) is 14.8. The summed E-state index contributed by atoms with van der Waals surface area (Å²) >= 11 is 0. The third-order valence-corrected chi connectivity index (χ3v) is 19.2. The van der Waals surface area contributed by atoms with Crippen molar-refractivity contribution in [3.05, 3.63) is 378 Å². The summed E-state index contributed by atoms with van der Waals surface area (Å²) in [6.45, 7) is 2.40. The van der Waals surface area contributed by atoms with Gasteiger partial charge in [-0.05, 0) is 208 Å². The van der Waals surface area contributed by atoms with Gasteiger partial charge in [0.1, 0.15) is 23.3 Å². The number of anilines is 6. The molecule has 14 aromatic rings. The van der Waals surface area contributed by atoms with E-state index in [-0.39, 0.29) is 0 Å². The van der Waals surface area contributed by atoms with E-state index in [4.69, 9.17) is 19.9 Å². The summed E-state index contributed by atoms with van der Waals surface area (Å²) in [6.07, 6.45) is 13.2. The summed E-state index contributed by atoms with van der Waals surface area (Å²) < 4.78 is 0. The molecule has 0 saturated heterocycles. The molecule has 1 atom stereocenters. The highest BCUT2D eigenvalue weighted by Gasteiger charge is 2.49. The fourth-order valence-corrected chi connectivity index (χ4v) is 15.6. The number of benzene rings is 10. The third-order valence-electron chi connectivity index (χ3n) is 19.2. The van der Waals surface area contributed by atoms with Crippen LogP contribution in [-0.2, 0) is 10.8 Å². The lowest BCUT2D eigenvalue weighted by Gasteiger charge is -2.36. The minimum absolute atomic E-state index is 0.314. The van der Waals surface area contributed by atoms with Crippen LogP contribution < -0.4 is 9.80 Å². The molecule has 1 unspecified atom stereocenters. The topological polar surface area (TPSA) is 58.0 Å². The molecule has 3 aliphatic carbocycles. The lowest BCUT2D eigenvalue weighted by atomic mass is 9.65. The standard InChI is InChI=1S/C85H60N6/c1-57-25-24-36-74-81(57)70-46-42-59(54-76(70)85(74,62-30-10-4-11-31-62)63-32-12-5-13-33-63)83-69-48-44-64(90(77-37-16-20-49-86-77)78-38-17-21-50-87-78)55-71(69)82(68-47-43-65(56-72(68)83)91(79-39-18-22-51-88-79)80-40-19-23-52-89-80)58-41-45-67-66-34-14-15-35-73(66)84(75(67)53-58,60-26-6-2-7-27-60)61-28-8-3-9-29-61/h2-24,26-57H,25H2,1H3. The first-order valence-electron chi connectivity index (χ1n) is 31.4. The van der Waals surface area contributed by atoms with Crippen LogP contribution in [0.15, 0.2) is 334 Å². The van der Waals surface area contributed by atoms with E-state index < -0.39 is 10.8 Å². The molecule has 6 nitrogen and oxygen atoms in total. The predicted octanol–water partition coefficient (Wildman–Crippen LogP) is 20.9. The maximum atomic E-state index is 5.01. The van der Waals surface area contributed by atoms with Crippen molar-refractivity contribution >= 4 is 61.8 Å². The first-order chi connectivity index (χ1) is 45.1. The molecule has 4 aromatic heterocycles. The predicted molar refractivity (Wildman–Crippen MR) is 373 cm³/mol. The first-order valence-corrected chi connectivity index (χ1v) is 31.4. The number of pyridine rings is 4. The molecular weight excluding hydrogens is 1100 g/mol. The summed E-state index contributed by atoms with van der Waals surface area (Å²) in [5, 5.41) is 4.37. The van der Waals surface area contributed by atoms with Crippen LogP contribution in [0.5, 0.6) is 0 Å². The van der Waals surface area contributed by atoms with Gasteiger partial charge in [-0.25, -0.2) is 19.9 Å². The van der Waals surface area contributed by atoms with E-state index in [1.807, 2.05) is 73.3 Å². The number of hydrogen-bond donors (Lipinski definition) is 0. The number of hydrogen-bond acceptors (Lipinski definition) is 6. The Balaban J connectivity index is 1.02. The van der Waals surface area contributed by atoms with Gasteiger partial charge in [-0.3, -0.25) is 9.80 Å². The average molecular weight is 1170 g/mol. The van der Waals surface area contributed by atoms with Crippen LogP contribution in [0.3, 0.4) is 0 Å². The van der Waals surface area contributed by atoms with Gasteiger partial charge in [0.05, 0.1) is 10.8 Å². The Hall–Kier alpha value is -11.6. The Bertz CT molecular complexity index is 4980. The number of rotatable bonds is 12. The van der Waals surface area contributed by atoms with Crippen molar-refractivity contribution in [2.24, 2.45) is 5.92 Å². The molecule has 0 aliphatic heterocycles. The van der Waals surface area contributed by atoms with Crippen LogP contribution in [0.25, 0.3) is 60.5 Å². The zero-order valence-corrected chi connectivity index (χ0v) is 50.1. The second kappa shape index (κ2) is 21.9. The maximum Gasteiger partial charge on any atom is 0.138 e. The zero-order valence-electron chi connectivity index (χ0n) is 50.1. The highest BCUT2D eigenvalue weighted by atomic mass is 15.2. The summed E-state index contributed by atoms with van der Waals surface area (Å²) in [5.41, 5.74) is 20.3. The first kappa shape index (κ1) is 53.6. The van der Waals surface area contributed by atoms with E-state index in [2.05, 4.69) is 272 Å². The molecule has 17 rings (SSSR count). The van der Waals surface area contributed by atoms with Gasteiger partial charge in [0.2, 0.25) is 0 Å². The molecule has 6 heteroatoms. The quantitative estimate of drug-likeness (QED) is 0.114. The van der Waals surface area contributed by atoms with Gasteiger partial charge in [-0.2, -0.15) is 0 Å². The molecule has 0 saturated carbocycles. The summed E-state index contributed by atoms with van der Waals surface area (Å²) in [6, 6.07) is 107.